The van der Waals surface area contributed by atoms with Gasteiger partial charge in [0.1, 0.15) is 5.01 Å². The second-order valence-corrected chi connectivity index (χ2v) is 5.38. The topological polar surface area (TPSA) is 79.3 Å². The highest BCUT2D eigenvalue weighted by atomic mass is 32.1. The van der Waals surface area contributed by atoms with Gasteiger partial charge in [-0.1, -0.05) is 17.7 Å². The number of aromatic nitrogens is 1. The first kappa shape index (κ1) is 14.2. The molecular weight excluding hydrogens is 276 g/mol. The smallest absolute Gasteiger partial charge is 0.355 e. The second kappa shape index (κ2) is 5.83. The zero-order valence-corrected chi connectivity index (χ0v) is 12.0. The molecule has 0 aliphatic carbocycles. The SMILES string of the molecule is Cc1ccc(C(=O)NCc2nc(C(=O)O)cs2)c(C)c1. The van der Waals surface area contributed by atoms with Crippen molar-refractivity contribution >= 4 is 23.2 Å². The average molecular weight is 290 g/mol. The number of aromatic carboxylic acids is 1. The molecule has 0 saturated heterocycles. The van der Waals surface area contributed by atoms with Gasteiger partial charge in [0.15, 0.2) is 5.69 Å². The Balaban J connectivity index is 2.02. The van der Waals surface area contributed by atoms with E-state index >= 15 is 0 Å². The number of hydrogen-bond donors (Lipinski definition) is 2. The maximum atomic E-state index is 12.0. The summed E-state index contributed by atoms with van der Waals surface area (Å²) in [6.07, 6.45) is 0. The third-order valence-electron chi connectivity index (χ3n) is 2.80. The van der Waals surface area contributed by atoms with E-state index in [1.807, 2.05) is 26.0 Å². The van der Waals surface area contributed by atoms with Crippen molar-refractivity contribution in [3.8, 4) is 0 Å². The van der Waals surface area contributed by atoms with Gasteiger partial charge in [-0.2, -0.15) is 0 Å². The summed E-state index contributed by atoms with van der Waals surface area (Å²) in [5.74, 6) is -1.25. The zero-order chi connectivity index (χ0) is 14.7. The Morgan fingerprint density at radius 2 is 2.10 bits per heavy atom. The summed E-state index contributed by atoms with van der Waals surface area (Å²) in [6, 6.07) is 5.61. The molecule has 5 nitrogen and oxygen atoms in total. The van der Waals surface area contributed by atoms with Crippen LogP contribution < -0.4 is 5.32 Å². The van der Waals surface area contributed by atoms with Gasteiger partial charge in [0.05, 0.1) is 6.54 Å². The monoisotopic (exact) mass is 290 g/mol. The number of carbonyl (C=O) groups excluding carboxylic acids is 1. The van der Waals surface area contributed by atoms with Crippen LogP contribution in [0.25, 0.3) is 0 Å². The molecule has 0 fully saturated rings. The number of nitrogens with one attached hydrogen (secondary N) is 1. The number of carboxylic acids is 1. The quantitative estimate of drug-likeness (QED) is 0.906. The Hall–Kier alpha value is -2.21. The van der Waals surface area contributed by atoms with Gasteiger partial charge in [-0.15, -0.1) is 11.3 Å². The average Bonchev–Trinajstić information content (AvgIpc) is 2.85. The molecular formula is C14H14N2O3S. The van der Waals surface area contributed by atoms with Gasteiger partial charge in [0.25, 0.3) is 5.91 Å². The molecule has 1 amide bonds. The number of rotatable bonds is 4. The Morgan fingerprint density at radius 3 is 2.70 bits per heavy atom. The van der Waals surface area contributed by atoms with Crippen LogP contribution in [-0.2, 0) is 6.54 Å². The van der Waals surface area contributed by atoms with Gasteiger partial charge in [0.2, 0.25) is 0 Å². The van der Waals surface area contributed by atoms with Gasteiger partial charge >= 0.3 is 5.97 Å². The molecule has 1 aromatic heterocycles. The summed E-state index contributed by atoms with van der Waals surface area (Å²) < 4.78 is 0. The molecule has 0 atom stereocenters. The van der Waals surface area contributed by atoms with Crippen LogP contribution in [0.5, 0.6) is 0 Å². The molecule has 2 aromatic rings. The van der Waals surface area contributed by atoms with Crippen LogP contribution in [0.1, 0.15) is 37.0 Å². The molecule has 6 heteroatoms. The summed E-state index contributed by atoms with van der Waals surface area (Å²) in [5.41, 5.74) is 2.63. The van der Waals surface area contributed by atoms with E-state index in [1.54, 1.807) is 6.07 Å². The molecule has 0 saturated carbocycles. The predicted octanol–water partition coefficient (Wildman–Crippen LogP) is 2.39. The van der Waals surface area contributed by atoms with E-state index in [1.165, 1.54) is 16.7 Å². The largest absolute Gasteiger partial charge is 0.476 e. The first-order chi connectivity index (χ1) is 9.47. The Morgan fingerprint density at radius 1 is 1.35 bits per heavy atom. The maximum Gasteiger partial charge on any atom is 0.355 e. The lowest BCUT2D eigenvalue weighted by Gasteiger charge is -2.07. The van der Waals surface area contributed by atoms with Gasteiger partial charge in [-0.05, 0) is 25.5 Å². The predicted molar refractivity (Wildman–Crippen MR) is 76.2 cm³/mol. The summed E-state index contributed by atoms with van der Waals surface area (Å²) >= 11 is 1.22. The van der Waals surface area contributed by atoms with Crippen LogP contribution in [0.3, 0.4) is 0 Å². The number of carboxylic acid groups (broad SMARTS) is 1. The minimum absolute atomic E-state index is 0.00534. The van der Waals surface area contributed by atoms with Crippen LogP contribution in [0, 0.1) is 13.8 Å². The second-order valence-electron chi connectivity index (χ2n) is 4.43. The lowest BCUT2D eigenvalue weighted by Crippen LogP contribution is -2.23. The number of aryl methyl sites for hydroxylation is 2. The molecule has 20 heavy (non-hydrogen) atoms. The molecule has 104 valence electrons. The van der Waals surface area contributed by atoms with E-state index in [0.29, 0.717) is 10.6 Å². The highest BCUT2D eigenvalue weighted by molar-refractivity contribution is 7.09. The van der Waals surface area contributed by atoms with Crippen LogP contribution in [0.15, 0.2) is 23.6 Å². The van der Waals surface area contributed by atoms with Crippen LogP contribution in [-0.4, -0.2) is 22.0 Å². The van der Waals surface area contributed by atoms with E-state index in [0.717, 1.165) is 11.1 Å². The van der Waals surface area contributed by atoms with Gasteiger partial charge in [0, 0.05) is 10.9 Å². The third kappa shape index (κ3) is 3.21. The van der Waals surface area contributed by atoms with Gasteiger partial charge < -0.3 is 10.4 Å². The van der Waals surface area contributed by atoms with Crippen molar-refractivity contribution in [3.63, 3.8) is 0 Å². The van der Waals surface area contributed by atoms with E-state index in [4.69, 9.17) is 5.11 Å². The molecule has 0 bridgehead atoms. The standard InChI is InChI=1S/C14H14N2O3S/c1-8-3-4-10(9(2)5-8)13(17)15-6-12-16-11(7-20-12)14(18)19/h3-5,7H,6H2,1-2H3,(H,15,17)(H,18,19). The van der Waals surface area contributed by atoms with E-state index in [9.17, 15) is 9.59 Å². The first-order valence-electron chi connectivity index (χ1n) is 6.00. The summed E-state index contributed by atoms with van der Waals surface area (Å²) in [7, 11) is 0. The number of benzene rings is 1. The van der Waals surface area contributed by atoms with Crippen molar-refractivity contribution in [2.24, 2.45) is 0 Å². The lowest BCUT2D eigenvalue weighted by atomic mass is 10.1. The summed E-state index contributed by atoms with van der Waals surface area (Å²) in [5, 5.41) is 13.5. The molecule has 0 aliphatic rings. The highest BCUT2D eigenvalue weighted by Gasteiger charge is 2.11. The molecule has 0 radical (unpaired) electrons. The van der Waals surface area contributed by atoms with E-state index in [-0.39, 0.29) is 18.1 Å². The fraction of sp³-hybridized carbons (Fsp3) is 0.214. The highest BCUT2D eigenvalue weighted by Crippen LogP contribution is 2.12. The van der Waals surface area contributed by atoms with Gasteiger partial charge in [-0.3, -0.25) is 4.79 Å². The van der Waals surface area contributed by atoms with Crippen LogP contribution >= 0.6 is 11.3 Å². The normalized spacial score (nSPS) is 10.3. The number of nitrogens with zero attached hydrogens (tertiary/aromatic N) is 1. The molecule has 1 heterocycles. The van der Waals surface area contributed by atoms with Crippen molar-refractivity contribution in [3.05, 3.63) is 51.0 Å². The minimum Gasteiger partial charge on any atom is -0.476 e. The fourth-order valence-corrected chi connectivity index (χ4v) is 2.52. The molecule has 0 spiro atoms. The van der Waals surface area contributed by atoms with Crippen molar-refractivity contribution < 1.29 is 14.7 Å². The molecule has 0 unspecified atom stereocenters. The third-order valence-corrected chi connectivity index (χ3v) is 3.65. The fourth-order valence-electron chi connectivity index (χ4n) is 1.81. The summed E-state index contributed by atoms with van der Waals surface area (Å²) in [4.78, 5) is 26.7. The van der Waals surface area contributed by atoms with E-state index in [2.05, 4.69) is 10.3 Å². The number of amides is 1. The summed E-state index contributed by atoms with van der Waals surface area (Å²) in [6.45, 7) is 4.08. The minimum atomic E-state index is -1.06. The Kier molecular flexibility index (Phi) is 4.14. The van der Waals surface area contributed by atoms with Crippen molar-refractivity contribution in [2.45, 2.75) is 20.4 Å². The van der Waals surface area contributed by atoms with Crippen LogP contribution in [0.2, 0.25) is 0 Å². The molecule has 2 N–H and O–H groups in total. The van der Waals surface area contributed by atoms with Crippen LogP contribution in [0.4, 0.5) is 0 Å². The van der Waals surface area contributed by atoms with Crippen molar-refractivity contribution in [2.75, 3.05) is 0 Å². The number of carbonyl (C=O) groups is 2. The number of hydrogen-bond acceptors (Lipinski definition) is 4. The van der Waals surface area contributed by atoms with E-state index < -0.39 is 5.97 Å². The zero-order valence-electron chi connectivity index (χ0n) is 11.1. The molecule has 1 aromatic carbocycles. The maximum absolute atomic E-state index is 12.0. The van der Waals surface area contributed by atoms with Gasteiger partial charge in [-0.25, -0.2) is 9.78 Å². The lowest BCUT2D eigenvalue weighted by molar-refractivity contribution is 0.0691. The Bertz CT molecular complexity index is 664. The van der Waals surface area contributed by atoms with Crippen molar-refractivity contribution in [1.82, 2.24) is 10.3 Å². The molecule has 2 rings (SSSR count). The number of thiazole rings is 1. The first-order valence-corrected chi connectivity index (χ1v) is 6.88. The Labute approximate surface area is 120 Å². The molecule has 0 aliphatic heterocycles. The van der Waals surface area contributed by atoms with Crippen molar-refractivity contribution in [1.29, 1.82) is 0 Å².